The monoisotopic (exact) mass is 320 g/mol. The number of aliphatic hydroxyl groups is 1. The molecular weight excluding hydrogens is 292 g/mol. The molecule has 0 spiro atoms. The maximum atomic E-state index is 12.4. The number of aliphatic hydroxyl groups excluding tert-OH is 1. The molecule has 0 bridgehead atoms. The lowest BCUT2D eigenvalue weighted by Crippen LogP contribution is -2.35. The summed E-state index contributed by atoms with van der Waals surface area (Å²) in [5.74, 6) is 0.731. The molecule has 1 aromatic rings. The zero-order chi connectivity index (χ0) is 16.1. The molecule has 0 unspecified atom stereocenters. The van der Waals surface area contributed by atoms with Crippen LogP contribution in [0.1, 0.15) is 25.7 Å². The second-order valence-electron chi connectivity index (χ2n) is 6.95. The fraction of sp³-hybridized carbons (Fsp3) is 0.765. The van der Waals surface area contributed by atoms with E-state index in [1.807, 2.05) is 11.1 Å². The molecule has 0 aliphatic carbocycles. The molecule has 128 valence electrons. The van der Waals surface area contributed by atoms with Crippen LogP contribution < -0.4 is 0 Å². The summed E-state index contributed by atoms with van der Waals surface area (Å²) in [6.07, 6.45) is 10.4. The van der Waals surface area contributed by atoms with Gasteiger partial charge in [-0.25, -0.2) is 4.98 Å². The molecule has 0 aromatic carbocycles. The van der Waals surface area contributed by atoms with E-state index in [1.165, 1.54) is 25.7 Å². The normalized spacial score (nSPS) is 26.4. The minimum atomic E-state index is 0.125. The van der Waals surface area contributed by atoms with Crippen molar-refractivity contribution in [1.29, 1.82) is 0 Å². The van der Waals surface area contributed by atoms with Gasteiger partial charge in [0.05, 0.1) is 6.33 Å². The first-order chi connectivity index (χ1) is 11.3. The number of aromatic nitrogens is 2. The molecule has 2 aliphatic rings. The van der Waals surface area contributed by atoms with Crippen molar-refractivity contribution in [3.05, 3.63) is 18.7 Å². The minimum Gasteiger partial charge on any atom is -0.396 e. The Morgan fingerprint density at radius 3 is 2.52 bits per heavy atom. The van der Waals surface area contributed by atoms with Gasteiger partial charge in [0.25, 0.3) is 0 Å². The summed E-state index contributed by atoms with van der Waals surface area (Å²) in [6, 6.07) is 0. The van der Waals surface area contributed by atoms with Crippen molar-refractivity contribution < 1.29 is 9.90 Å². The first kappa shape index (κ1) is 16.5. The molecule has 2 atom stereocenters. The van der Waals surface area contributed by atoms with Crippen molar-refractivity contribution in [2.45, 2.75) is 32.2 Å². The highest BCUT2D eigenvalue weighted by atomic mass is 16.3. The minimum absolute atomic E-state index is 0.125. The van der Waals surface area contributed by atoms with Crippen molar-refractivity contribution in [2.24, 2.45) is 11.8 Å². The summed E-state index contributed by atoms with van der Waals surface area (Å²) < 4.78 is 1.80. The fourth-order valence-electron chi connectivity index (χ4n) is 3.84. The summed E-state index contributed by atoms with van der Waals surface area (Å²) in [5, 5.41) is 9.71. The van der Waals surface area contributed by atoms with Crippen LogP contribution in [0.15, 0.2) is 18.7 Å². The zero-order valence-corrected chi connectivity index (χ0v) is 13.8. The van der Waals surface area contributed by atoms with Crippen LogP contribution in [-0.2, 0) is 11.3 Å². The number of carbonyl (C=O) groups is 1. The lowest BCUT2D eigenvalue weighted by molar-refractivity contribution is -0.131. The van der Waals surface area contributed by atoms with E-state index >= 15 is 0 Å². The van der Waals surface area contributed by atoms with Gasteiger partial charge in [-0.3, -0.25) is 4.79 Å². The summed E-state index contributed by atoms with van der Waals surface area (Å²) in [7, 11) is 0. The number of amides is 1. The molecule has 2 aliphatic heterocycles. The van der Waals surface area contributed by atoms with Crippen LogP contribution in [0.25, 0.3) is 0 Å². The molecule has 2 fully saturated rings. The summed E-state index contributed by atoms with van der Waals surface area (Å²) in [5.41, 5.74) is 0. The Kier molecular flexibility index (Phi) is 5.67. The van der Waals surface area contributed by atoms with Crippen molar-refractivity contribution in [2.75, 3.05) is 39.3 Å². The van der Waals surface area contributed by atoms with Crippen LogP contribution in [0.5, 0.6) is 0 Å². The van der Waals surface area contributed by atoms with E-state index < -0.39 is 0 Å². The number of hydrogen-bond donors (Lipinski definition) is 1. The molecule has 6 nitrogen and oxygen atoms in total. The molecular formula is C17H28N4O2. The van der Waals surface area contributed by atoms with Gasteiger partial charge in [-0.2, -0.15) is 0 Å². The molecule has 1 aromatic heterocycles. The summed E-state index contributed by atoms with van der Waals surface area (Å²) in [6.45, 7) is 5.31. The highest BCUT2D eigenvalue weighted by molar-refractivity contribution is 5.76. The van der Waals surface area contributed by atoms with E-state index in [4.69, 9.17) is 0 Å². The van der Waals surface area contributed by atoms with Gasteiger partial charge in [-0.05, 0) is 31.8 Å². The number of hydrogen-bond acceptors (Lipinski definition) is 4. The fourth-order valence-corrected chi connectivity index (χ4v) is 3.84. The highest BCUT2D eigenvalue weighted by Gasteiger charge is 2.35. The van der Waals surface area contributed by atoms with Crippen molar-refractivity contribution in [1.82, 2.24) is 19.4 Å². The molecule has 1 amide bonds. The van der Waals surface area contributed by atoms with Crippen LogP contribution in [0.4, 0.5) is 0 Å². The van der Waals surface area contributed by atoms with E-state index in [0.717, 1.165) is 26.2 Å². The largest absolute Gasteiger partial charge is 0.396 e. The smallest absolute Gasteiger partial charge is 0.242 e. The highest BCUT2D eigenvalue weighted by Crippen LogP contribution is 2.25. The summed E-state index contributed by atoms with van der Waals surface area (Å²) >= 11 is 0. The number of rotatable bonds is 5. The van der Waals surface area contributed by atoms with E-state index in [-0.39, 0.29) is 18.4 Å². The number of likely N-dealkylation sites (tertiary alicyclic amines) is 2. The third-order valence-corrected chi connectivity index (χ3v) is 5.23. The van der Waals surface area contributed by atoms with Gasteiger partial charge in [0.2, 0.25) is 5.91 Å². The number of nitrogens with zero attached hydrogens (tertiary/aromatic N) is 4. The van der Waals surface area contributed by atoms with Gasteiger partial charge in [-0.1, -0.05) is 12.8 Å². The molecule has 0 radical (unpaired) electrons. The van der Waals surface area contributed by atoms with E-state index in [1.54, 1.807) is 17.1 Å². The SMILES string of the molecule is O=C(Cn1ccnc1)N1C[C@@H](CN2CCCCCC2)[C@@H](CO)C1. The predicted molar refractivity (Wildman–Crippen MR) is 87.8 cm³/mol. The average molecular weight is 320 g/mol. The Labute approximate surface area is 138 Å². The van der Waals surface area contributed by atoms with Crippen molar-refractivity contribution in [3.63, 3.8) is 0 Å². The van der Waals surface area contributed by atoms with Gasteiger partial charge < -0.3 is 19.5 Å². The molecule has 3 heterocycles. The van der Waals surface area contributed by atoms with Crippen molar-refractivity contribution >= 4 is 5.91 Å². The van der Waals surface area contributed by atoms with Gasteiger partial charge in [-0.15, -0.1) is 0 Å². The lowest BCUT2D eigenvalue weighted by Gasteiger charge is -2.26. The molecule has 6 heteroatoms. The Balaban J connectivity index is 1.55. The first-order valence-corrected chi connectivity index (χ1v) is 8.83. The maximum absolute atomic E-state index is 12.4. The average Bonchev–Trinajstić information content (AvgIpc) is 3.12. The Bertz CT molecular complexity index is 483. The van der Waals surface area contributed by atoms with Crippen LogP contribution in [0.3, 0.4) is 0 Å². The van der Waals surface area contributed by atoms with Crippen LogP contribution in [-0.4, -0.2) is 69.7 Å². The van der Waals surface area contributed by atoms with Gasteiger partial charge in [0.1, 0.15) is 6.54 Å². The van der Waals surface area contributed by atoms with Crippen molar-refractivity contribution in [3.8, 4) is 0 Å². The zero-order valence-electron chi connectivity index (χ0n) is 13.8. The Morgan fingerprint density at radius 2 is 1.87 bits per heavy atom. The third kappa shape index (κ3) is 4.32. The quantitative estimate of drug-likeness (QED) is 0.873. The standard InChI is InChI=1S/C17H28N4O2/c22-13-16-11-21(17(23)12-20-8-5-18-14-20)10-15(16)9-19-6-3-1-2-4-7-19/h5,8,14-16,22H,1-4,6-7,9-13H2/t15-,16-/m1/s1. The lowest BCUT2D eigenvalue weighted by atomic mass is 9.96. The molecule has 0 saturated carbocycles. The van der Waals surface area contributed by atoms with Crippen LogP contribution in [0, 0.1) is 11.8 Å². The topological polar surface area (TPSA) is 61.6 Å². The van der Waals surface area contributed by atoms with Crippen LogP contribution >= 0.6 is 0 Å². The second kappa shape index (κ2) is 7.93. The van der Waals surface area contributed by atoms with Gasteiger partial charge >= 0.3 is 0 Å². The Hall–Kier alpha value is -1.40. The molecule has 3 rings (SSSR count). The number of imidazole rings is 1. The first-order valence-electron chi connectivity index (χ1n) is 8.83. The molecule has 1 N–H and O–H groups in total. The van der Waals surface area contributed by atoms with E-state index in [2.05, 4.69) is 9.88 Å². The maximum Gasteiger partial charge on any atom is 0.242 e. The van der Waals surface area contributed by atoms with Gasteiger partial charge in [0.15, 0.2) is 0 Å². The third-order valence-electron chi connectivity index (χ3n) is 5.23. The number of carbonyl (C=O) groups excluding carboxylic acids is 1. The Morgan fingerprint density at radius 1 is 1.13 bits per heavy atom. The van der Waals surface area contributed by atoms with E-state index in [9.17, 15) is 9.90 Å². The predicted octanol–water partition coefficient (Wildman–Crippen LogP) is 0.826. The van der Waals surface area contributed by atoms with Crippen LogP contribution in [0.2, 0.25) is 0 Å². The molecule has 23 heavy (non-hydrogen) atoms. The van der Waals surface area contributed by atoms with Gasteiger partial charge in [0, 0.05) is 44.6 Å². The van der Waals surface area contributed by atoms with E-state index in [0.29, 0.717) is 19.0 Å². The summed E-state index contributed by atoms with van der Waals surface area (Å²) in [4.78, 5) is 20.9. The second-order valence-corrected chi connectivity index (χ2v) is 6.95. The molecule has 2 saturated heterocycles.